The molecule has 2 nitrogen and oxygen atoms in total. The molecule has 0 aliphatic carbocycles. The van der Waals surface area contributed by atoms with Crippen LogP contribution in [0.5, 0.6) is 0 Å². The minimum Gasteiger partial charge on any atom is -0.247 e. The summed E-state index contributed by atoms with van der Waals surface area (Å²) in [7, 11) is 0. The summed E-state index contributed by atoms with van der Waals surface area (Å²) in [6.07, 6.45) is 3.80. The minimum absolute atomic E-state index is 0.194. The maximum absolute atomic E-state index is 9.84. The molecule has 0 saturated carbocycles. The van der Waals surface area contributed by atoms with E-state index in [2.05, 4.69) is 6.92 Å². The van der Waals surface area contributed by atoms with Crippen LogP contribution in [0.25, 0.3) is 0 Å². The van der Waals surface area contributed by atoms with E-state index in [1.807, 2.05) is 0 Å². The molecule has 0 aromatic carbocycles. The molecule has 0 rings (SSSR count). The summed E-state index contributed by atoms with van der Waals surface area (Å²) < 4.78 is 0. The lowest BCUT2D eigenvalue weighted by atomic mass is 10.2. The molecule has 2 radical (unpaired) electrons. The van der Waals surface area contributed by atoms with Gasteiger partial charge in [-0.1, -0.05) is 26.2 Å². The summed E-state index contributed by atoms with van der Waals surface area (Å²) in [5, 5.41) is 9.84. The van der Waals surface area contributed by atoms with Gasteiger partial charge in [-0.05, 0) is 6.42 Å². The second kappa shape index (κ2) is 5.60. The molecule has 0 aromatic heterocycles. The molecule has 0 heterocycles. The van der Waals surface area contributed by atoms with Gasteiger partial charge in [-0.3, -0.25) is 0 Å². The van der Waals surface area contributed by atoms with Crippen molar-refractivity contribution < 1.29 is 9.90 Å². The van der Waals surface area contributed by atoms with Gasteiger partial charge in [-0.2, -0.15) is 0 Å². The van der Waals surface area contributed by atoms with E-state index in [9.17, 15) is 9.90 Å². The molecule has 0 aliphatic heterocycles. The van der Waals surface area contributed by atoms with Crippen LogP contribution < -0.4 is 0 Å². The van der Waals surface area contributed by atoms with Gasteiger partial charge < -0.3 is 0 Å². The molecule has 0 bridgehead atoms. The molecule has 0 aromatic rings. The first-order valence-electron chi connectivity index (χ1n) is 3.26. The van der Waals surface area contributed by atoms with E-state index in [1.54, 1.807) is 0 Å². The molecule has 9 heavy (non-hydrogen) atoms. The van der Waals surface area contributed by atoms with Crippen LogP contribution in [0, 0.1) is 6.92 Å². The van der Waals surface area contributed by atoms with Crippen LogP contribution in [0.15, 0.2) is 0 Å². The monoisotopic (exact) mass is 128 g/mol. The highest BCUT2D eigenvalue weighted by Crippen LogP contribution is 2.01. The third kappa shape index (κ3) is 7.47. The SMILES string of the molecule is [CH2]CCCCCC([O])=O. The van der Waals surface area contributed by atoms with Crippen molar-refractivity contribution in [2.45, 2.75) is 32.1 Å². The zero-order valence-electron chi connectivity index (χ0n) is 5.56. The van der Waals surface area contributed by atoms with E-state index in [0.29, 0.717) is 0 Å². The Bertz CT molecular complexity index is 79.0. The largest absolute Gasteiger partial charge is 0.355 e. The second-order valence-electron chi connectivity index (χ2n) is 2.04. The van der Waals surface area contributed by atoms with Gasteiger partial charge in [0.15, 0.2) is 0 Å². The predicted molar refractivity (Wildman–Crippen MR) is 34.1 cm³/mol. The molecule has 0 fully saturated rings. The Balaban J connectivity index is 2.83. The van der Waals surface area contributed by atoms with E-state index >= 15 is 0 Å². The smallest absolute Gasteiger partial charge is 0.247 e. The van der Waals surface area contributed by atoms with Gasteiger partial charge in [0.25, 0.3) is 0 Å². The first-order valence-corrected chi connectivity index (χ1v) is 3.26. The molecule has 0 amide bonds. The molecule has 52 valence electrons. The van der Waals surface area contributed by atoms with E-state index in [1.165, 1.54) is 0 Å². The third-order valence-corrected chi connectivity index (χ3v) is 1.13. The third-order valence-electron chi connectivity index (χ3n) is 1.13. The van der Waals surface area contributed by atoms with Crippen LogP contribution in [0.2, 0.25) is 0 Å². The normalized spacial score (nSPS) is 9.44. The zero-order chi connectivity index (χ0) is 7.11. The van der Waals surface area contributed by atoms with Crippen molar-refractivity contribution in [1.29, 1.82) is 0 Å². The van der Waals surface area contributed by atoms with Crippen LogP contribution in [-0.2, 0) is 9.90 Å². The number of carbonyl (C=O) groups is 1. The minimum atomic E-state index is -0.945. The Labute approximate surface area is 55.9 Å². The molecule has 0 saturated heterocycles. The number of carbonyl (C=O) groups excluding carboxylic acids is 1. The van der Waals surface area contributed by atoms with Crippen LogP contribution in [0.3, 0.4) is 0 Å². The lowest BCUT2D eigenvalue weighted by Gasteiger charge is -1.91. The quantitative estimate of drug-likeness (QED) is 0.519. The molecular formula is C7H12O2. The Morgan fingerprint density at radius 2 is 1.89 bits per heavy atom. The first-order chi connectivity index (χ1) is 4.27. The summed E-state index contributed by atoms with van der Waals surface area (Å²) >= 11 is 0. The molecule has 0 aliphatic rings. The van der Waals surface area contributed by atoms with Gasteiger partial charge in [-0.15, -0.1) is 0 Å². The number of unbranched alkanes of at least 4 members (excludes halogenated alkanes) is 3. The molecule has 0 N–H and O–H groups in total. The van der Waals surface area contributed by atoms with Crippen molar-refractivity contribution in [2.24, 2.45) is 0 Å². The standard InChI is InChI=1S/C7H12O2/c1-2-3-4-5-6-7(8)9/h1-6H2. The molecule has 0 atom stereocenters. The summed E-state index contributed by atoms with van der Waals surface area (Å²) in [5.41, 5.74) is 0. The Morgan fingerprint density at radius 1 is 1.22 bits per heavy atom. The predicted octanol–water partition coefficient (Wildman–Crippen LogP) is 1.73. The highest BCUT2D eigenvalue weighted by molar-refractivity contribution is 5.66. The van der Waals surface area contributed by atoms with Gasteiger partial charge in [0.2, 0.25) is 0 Å². The number of rotatable bonds is 5. The first kappa shape index (κ1) is 8.47. The lowest BCUT2D eigenvalue weighted by Crippen LogP contribution is -1.90. The van der Waals surface area contributed by atoms with E-state index in [-0.39, 0.29) is 6.42 Å². The lowest BCUT2D eigenvalue weighted by molar-refractivity contribution is -0.143. The molecule has 0 spiro atoms. The maximum atomic E-state index is 9.84. The van der Waals surface area contributed by atoms with Crippen molar-refractivity contribution in [3.05, 3.63) is 6.92 Å². The van der Waals surface area contributed by atoms with Crippen molar-refractivity contribution in [2.75, 3.05) is 0 Å². The Morgan fingerprint density at radius 3 is 2.33 bits per heavy atom. The van der Waals surface area contributed by atoms with Crippen molar-refractivity contribution in [3.63, 3.8) is 0 Å². The van der Waals surface area contributed by atoms with Gasteiger partial charge in [0, 0.05) is 0 Å². The zero-order valence-corrected chi connectivity index (χ0v) is 5.56. The number of hydrogen-bond acceptors (Lipinski definition) is 1. The van der Waals surface area contributed by atoms with Gasteiger partial charge in [-0.25, -0.2) is 9.90 Å². The highest BCUT2D eigenvalue weighted by atomic mass is 16.4. The van der Waals surface area contributed by atoms with Crippen LogP contribution >= 0.6 is 0 Å². The summed E-state index contributed by atoms with van der Waals surface area (Å²) in [4.78, 5) is 9.84. The van der Waals surface area contributed by atoms with Crippen LogP contribution in [0.4, 0.5) is 0 Å². The summed E-state index contributed by atoms with van der Waals surface area (Å²) in [5.74, 6) is -0.945. The topological polar surface area (TPSA) is 37.0 Å². The molecule has 0 unspecified atom stereocenters. The fraction of sp³-hybridized carbons (Fsp3) is 0.714. The molecule has 2 heteroatoms. The Kier molecular flexibility index (Phi) is 5.27. The van der Waals surface area contributed by atoms with Crippen molar-refractivity contribution in [1.82, 2.24) is 0 Å². The second-order valence-corrected chi connectivity index (χ2v) is 2.04. The summed E-state index contributed by atoms with van der Waals surface area (Å²) in [6, 6.07) is 0. The number of hydrogen-bond donors (Lipinski definition) is 0. The summed E-state index contributed by atoms with van der Waals surface area (Å²) in [6.45, 7) is 3.64. The van der Waals surface area contributed by atoms with E-state index in [4.69, 9.17) is 0 Å². The van der Waals surface area contributed by atoms with Gasteiger partial charge in [0.1, 0.15) is 0 Å². The Hall–Kier alpha value is -0.530. The van der Waals surface area contributed by atoms with E-state index < -0.39 is 5.97 Å². The fourth-order valence-corrected chi connectivity index (χ4v) is 0.623. The van der Waals surface area contributed by atoms with Crippen LogP contribution in [-0.4, -0.2) is 5.97 Å². The van der Waals surface area contributed by atoms with E-state index in [0.717, 1.165) is 25.7 Å². The van der Waals surface area contributed by atoms with Crippen molar-refractivity contribution >= 4 is 5.97 Å². The average molecular weight is 128 g/mol. The maximum Gasteiger partial charge on any atom is 0.355 e. The van der Waals surface area contributed by atoms with Gasteiger partial charge in [0.05, 0.1) is 6.42 Å². The van der Waals surface area contributed by atoms with Gasteiger partial charge >= 0.3 is 5.97 Å². The highest BCUT2D eigenvalue weighted by Gasteiger charge is 1.96. The fourth-order valence-electron chi connectivity index (χ4n) is 0.623. The average Bonchev–Trinajstić information content (AvgIpc) is 1.80. The van der Waals surface area contributed by atoms with Crippen molar-refractivity contribution in [3.8, 4) is 0 Å². The molecular weight excluding hydrogens is 116 g/mol. The van der Waals surface area contributed by atoms with Crippen LogP contribution in [0.1, 0.15) is 32.1 Å².